The van der Waals surface area contributed by atoms with Gasteiger partial charge in [0.05, 0.1) is 11.9 Å². The number of hydrogen-bond donors (Lipinski definition) is 1. The molecule has 3 aromatic rings. The highest BCUT2D eigenvalue weighted by molar-refractivity contribution is 9.10. The van der Waals surface area contributed by atoms with Crippen LogP contribution in [0.15, 0.2) is 59.3 Å². The molecule has 0 radical (unpaired) electrons. The number of hydrogen-bond acceptors (Lipinski definition) is 3. The van der Waals surface area contributed by atoms with Gasteiger partial charge in [-0.3, -0.25) is 9.48 Å². The quantitative estimate of drug-likeness (QED) is 0.666. The van der Waals surface area contributed by atoms with E-state index in [0.717, 1.165) is 14.9 Å². The minimum Gasteiger partial charge on any atom is -0.320 e. The lowest BCUT2D eigenvalue weighted by molar-refractivity contribution is -0.111. The maximum atomic E-state index is 11.9. The van der Waals surface area contributed by atoms with Crippen LogP contribution in [0.25, 0.3) is 16.5 Å². The van der Waals surface area contributed by atoms with Crippen molar-refractivity contribution in [3.63, 3.8) is 0 Å². The zero-order valence-corrected chi connectivity index (χ0v) is 14.8. The van der Waals surface area contributed by atoms with Crippen LogP contribution in [0.3, 0.4) is 0 Å². The highest BCUT2D eigenvalue weighted by Crippen LogP contribution is 2.30. The predicted octanol–water partition coefficient (Wildman–Crippen LogP) is 4.56. The minimum absolute atomic E-state index is 0.171. The Kier molecular flexibility index (Phi) is 4.73. The standard InChI is InChI=1S/C17H14BrN3OS/c1-21-11-14(10-19-21)20-17(22)8-6-15-5-7-16(23-15)12-3-2-4-13(18)9-12/h2-11H,1H3,(H,20,22). The van der Waals surface area contributed by atoms with Crippen LogP contribution in [-0.4, -0.2) is 15.7 Å². The van der Waals surface area contributed by atoms with Crippen LogP contribution < -0.4 is 5.32 Å². The summed E-state index contributed by atoms with van der Waals surface area (Å²) in [6, 6.07) is 12.2. The first-order valence-corrected chi connectivity index (χ1v) is 8.54. The van der Waals surface area contributed by atoms with Crippen LogP contribution in [0.2, 0.25) is 0 Å². The lowest BCUT2D eigenvalue weighted by atomic mass is 10.2. The van der Waals surface area contributed by atoms with Crippen LogP contribution >= 0.6 is 27.3 Å². The van der Waals surface area contributed by atoms with Gasteiger partial charge in [0.1, 0.15) is 0 Å². The Hall–Kier alpha value is -2.18. The molecule has 0 aliphatic carbocycles. The third-order valence-corrected chi connectivity index (χ3v) is 4.70. The molecule has 0 atom stereocenters. The van der Waals surface area contributed by atoms with Gasteiger partial charge in [-0.2, -0.15) is 5.10 Å². The summed E-state index contributed by atoms with van der Waals surface area (Å²) in [5.74, 6) is -0.171. The van der Waals surface area contributed by atoms with Gasteiger partial charge in [0.2, 0.25) is 5.91 Å². The largest absolute Gasteiger partial charge is 0.320 e. The average Bonchev–Trinajstić information content (AvgIpc) is 3.14. The number of amides is 1. The zero-order valence-electron chi connectivity index (χ0n) is 12.4. The average molecular weight is 388 g/mol. The number of anilines is 1. The number of thiophene rings is 1. The fraction of sp³-hybridized carbons (Fsp3) is 0.0588. The monoisotopic (exact) mass is 387 g/mol. The number of carbonyl (C=O) groups is 1. The maximum absolute atomic E-state index is 11.9. The van der Waals surface area contributed by atoms with Gasteiger partial charge in [-0.15, -0.1) is 11.3 Å². The molecule has 0 saturated carbocycles. The van der Waals surface area contributed by atoms with E-state index in [1.165, 1.54) is 11.0 Å². The van der Waals surface area contributed by atoms with Crippen molar-refractivity contribution in [1.82, 2.24) is 9.78 Å². The summed E-state index contributed by atoms with van der Waals surface area (Å²) in [5.41, 5.74) is 1.84. The SMILES string of the molecule is Cn1cc(NC(=O)C=Cc2ccc(-c3cccc(Br)c3)s2)cn1. The van der Waals surface area contributed by atoms with Gasteiger partial charge in [-0.05, 0) is 35.9 Å². The first-order chi connectivity index (χ1) is 11.1. The van der Waals surface area contributed by atoms with Gasteiger partial charge in [-0.25, -0.2) is 0 Å². The van der Waals surface area contributed by atoms with Gasteiger partial charge >= 0.3 is 0 Å². The van der Waals surface area contributed by atoms with Crippen LogP contribution in [-0.2, 0) is 11.8 Å². The number of nitrogens with one attached hydrogen (secondary N) is 1. The molecule has 0 fully saturated rings. The van der Waals surface area contributed by atoms with E-state index in [0.29, 0.717) is 5.69 Å². The molecule has 2 aromatic heterocycles. The number of rotatable bonds is 4. The normalized spacial score (nSPS) is 11.0. The molecule has 0 spiro atoms. The molecular weight excluding hydrogens is 374 g/mol. The van der Waals surface area contributed by atoms with Crippen molar-refractivity contribution >= 4 is 44.9 Å². The molecule has 0 aliphatic heterocycles. The van der Waals surface area contributed by atoms with Gasteiger partial charge in [-0.1, -0.05) is 28.1 Å². The van der Waals surface area contributed by atoms with Crippen molar-refractivity contribution in [3.05, 3.63) is 64.2 Å². The lowest BCUT2D eigenvalue weighted by Gasteiger charge is -1.97. The molecular formula is C17H14BrN3OS. The summed E-state index contributed by atoms with van der Waals surface area (Å²) in [7, 11) is 1.81. The lowest BCUT2D eigenvalue weighted by Crippen LogP contribution is -2.06. The molecule has 0 aliphatic rings. The Morgan fingerprint density at radius 2 is 2.22 bits per heavy atom. The first kappa shape index (κ1) is 15.7. The molecule has 0 bridgehead atoms. The van der Waals surface area contributed by atoms with Crippen molar-refractivity contribution in [2.45, 2.75) is 0 Å². The van der Waals surface area contributed by atoms with Crippen LogP contribution in [0.4, 0.5) is 5.69 Å². The smallest absolute Gasteiger partial charge is 0.248 e. The van der Waals surface area contributed by atoms with E-state index in [4.69, 9.17) is 0 Å². The summed E-state index contributed by atoms with van der Waals surface area (Å²) in [4.78, 5) is 14.1. The summed E-state index contributed by atoms with van der Waals surface area (Å²) in [5, 5.41) is 6.78. The molecule has 1 aromatic carbocycles. The van der Waals surface area contributed by atoms with Gasteiger partial charge in [0.25, 0.3) is 0 Å². The van der Waals surface area contributed by atoms with Crippen molar-refractivity contribution in [3.8, 4) is 10.4 Å². The highest BCUT2D eigenvalue weighted by atomic mass is 79.9. The van der Waals surface area contributed by atoms with Crippen molar-refractivity contribution in [2.24, 2.45) is 7.05 Å². The molecule has 6 heteroatoms. The van der Waals surface area contributed by atoms with E-state index in [9.17, 15) is 4.79 Å². The molecule has 2 heterocycles. The Morgan fingerprint density at radius 1 is 1.35 bits per heavy atom. The molecule has 4 nitrogen and oxygen atoms in total. The van der Waals surface area contributed by atoms with E-state index < -0.39 is 0 Å². The third-order valence-electron chi connectivity index (χ3n) is 3.11. The van der Waals surface area contributed by atoms with Crippen LogP contribution in [0.5, 0.6) is 0 Å². The second kappa shape index (κ2) is 6.93. The van der Waals surface area contributed by atoms with Crippen LogP contribution in [0, 0.1) is 0 Å². The molecule has 1 N–H and O–H groups in total. The topological polar surface area (TPSA) is 46.9 Å². The third kappa shape index (κ3) is 4.18. The number of nitrogens with zero attached hydrogens (tertiary/aromatic N) is 2. The molecule has 23 heavy (non-hydrogen) atoms. The zero-order chi connectivity index (χ0) is 16.2. The van der Waals surface area contributed by atoms with E-state index in [-0.39, 0.29) is 5.91 Å². The summed E-state index contributed by atoms with van der Waals surface area (Å²) in [6.45, 7) is 0. The molecule has 1 amide bonds. The second-order valence-electron chi connectivity index (χ2n) is 4.94. The van der Waals surface area contributed by atoms with Crippen molar-refractivity contribution < 1.29 is 4.79 Å². The Morgan fingerprint density at radius 3 is 2.96 bits per heavy atom. The van der Waals surface area contributed by atoms with E-state index >= 15 is 0 Å². The van der Waals surface area contributed by atoms with Gasteiger partial charge < -0.3 is 5.32 Å². The fourth-order valence-electron chi connectivity index (χ4n) is 2.07. The fourth-order valence-corrected chi connectivity index (χ4v) is 3.37. The minimum atomic E-state index is -0.171. The molecule has 0 unspecified atom stereocenters. The summed E-state index contributed by atoms with van der Waals surface area (Å²) >= 11 is 5.12. The molecule has 116 valence electrons. The predicted molar refractivity (Wildman–Crippen MR) is 98.3 cm³/mol. The number of benzene rings is 1. The molecule has 0 saturated heterocycles. The Labute approximate surface area is 146 Å². The van der Waals surface area contributed by atoms with Gasteiger partial charge in [0, 0.05) is 33.5 Å². The Balaban J connectivity index is 1.67. The maximum Gasteiger partial charge on any atom is 0.248 e. The van der Waals surface area contributed by atoms with Crippen molar-refractivity contribution in [2.75, 3.05) is 5.32 Å². The second-order valence-corrected chi connectivity index (χ2v) is 6.97. The number of aromatic nitrogens is 2. The Bertz CT molecular complexity index is 866. The van der Waals surface area contributed by atoms with E-state index in [2.05, 4.69) is 44.5 Å². The van der Waals surface area contributed by atoms with E-state index in [1.807, 2.05) is 24.3 Å². The first-order valence-electron chi connectivity index (χ1n) is 6.94. The number of carbonyl (C=O) groups excluding carboxylic acids is 1. The number of halogens is 1. The molecule has 3 rings (SSSR count). The highest BCUT2D eigenvalue weighted by Gasteiger charge is 2.03. The summed E-state index contributed by atoms with van der Waals surface area (Å²) in [6.07, 6.45) is 6.71. The van der Waals surface area contributed by atoms with E-state index in [1.54, 1.807) is 35.5 Å². The van der Waals surface area contributed by atoms with Crippen molar-refractivity contribution in [1.29, 1.82) is 0 Å². The van der Waals surface area contributed by atoms with Gasteiger partial charge in [0.15, 0.2) is 0 Å². The number of aryl methyl sites for hydroxylation is 1. The van der Waals surface area contributed by atoms with Crippen LogP contribution in [0.1, 0.15) is 4.88 Å². The summed E-state index contributed by atoms with van der Waals surface area (Å²) < 4.78 is 2.69.